The number of hydrogen-bond acceptors (Lipinski definition) is 2. The smallest absolute Gasteiger partial charge is 0.870 e. The predicted molar refractivity (Wildman–Crippen MR) is 33.1 cm³/mol. The zero-order valence-corrected chi connectivity index (χ0v) is 5.22. The third kappa shape index (κ3) is 503. The van der Waals surface area contributed by atoms with Crippen LogP contribution in [0.15, 0.2) is 0 Å². The van der Waals surface area contributed by atoms with Crippen molar-refractivity contribution in [3.63, 3.8) is 0 Å². The van der Waals surface area contributed by atoms with Gasteiger partial charge in [-0.05, 0) is 0 Å². The van der Waals surface area contributed by atoms with E-state index in [1.54, 1.807) is 0 Å². The standard InChI is InChI=1S/CHO2.2CH4.Ca.2H2O/c2-1-3;;;;;/h(H,2,3);2*1H4;;2*1H2/q-1;;;+2;;/p-1. The van der Waals surface area contributed by atoms with E-state index in [1.807, 2.05) is 0 Å². The third-order valence-corrected chi connectivity index (χ3v) is 0. The Morgan fingerprint density at radius 2 is 1.25 bits per heavy atom. The van der Waals surface area contributed by atoms with Crippen LogP contribution in [0.3, 0.4) is 0 Å². The second kappa shape index (κ2) is 124. The minimum absolute atomic E-state index is 0. The van der Waals surface area contributed by atoms with Gasteiger partial charge in [-0.3, -0.25) is 0 Å². The summed E-state index contributed by atoms with van der Waals surface area (Å²) in [5, 5.41) is 6.76. The van der Waals surface area contributed by atoms with E-state index in [4.69, 9.17) is 9.90 Å². The molecule has 0 aromatic heterocycles. The van der Waals surface area contributed by atoms with E-state index in [1.165, 1.54) is 0 Å². The Labute approximate surface area is 79.5 Å². The summed E-state index contributed by atoms with van der Waals surface area (Å²) in [5.41, 5.74) is 0. The van der Waals surface area contributed by atoms with Crippen LogP contribution in [0.2, 0.25) is 0 Å². The average Bonchev–Trinajstić information content (AvgIpc) is 0.918. The third-order valence-electron chi connectivity index (χ3n) is 0. The van der Waals surface area contributed by atoms with Crippen LogP contribution >= 0.6 is 0 Å². The second-order valence-electron chi connectivity index (χ2n) is 0.0913. The van der Waals surface area contributed by atoms with Crippen molar-refractivity contribution >= 4 is 44.2 Å². The summed E-state index contributed by atoms with van der Waals surface area (Å²) in [6.07, 6.45) is 0. The van der Waals surface area contributed by atoms with E-state index in [2.05, 4.69) is 0 Å². The van der Waals surface area contributed by atoms with Crippen LogP contribution in [0, 0.1) is 0 Å². The molecular weight excluding hydrogens is 140 g/mol. The van der Waals surface area contributed by atoms with Gasteiger partial charge < -0.3 is 20.9 Å². The molecule has 0 fully saturated rings. The predicted octanol–water partition coefficient (Wildman–Crippen LogP) is -0.499. The maximum absolute atomic E-state index is 8.24. The van der Waals surface area contributed by atoms with Crippen molar-refractivity contribution in [2.24, 2.45) is 0 Å². The van der Waals surface area contributed by atoms with E-state index in [0.29, 0.717) is 6.47 Å². The molecule has 4 nitrogen and oxygen atoms in total. The fourth-order valence-corrected chi connectivity index (χ4v) is 0. The van der Waals surface area contributed by atoms with Gasteiger partial charge in [0.2, 0.25) is 0 Å². The summed E-state index contributed by atoms with van der Waals surface area (Å²) in [5.74, 6) is 0. The van der Waals surface area contributed by atoms with Crippen molar-refractivity contribution in [3.8, 4) is 0 Å². The molecule has 0 radical (unpaired) electrons. The molecule has 0 aliphatic rings. The van der Waals surface area contributed by atoms with Gasteiger partial charge in [0.15, 0.2) is 0 Å². The van der Waals surface area contributed by atoms with Gasteiger partial charge in [0.1, 0.15) is 0 Å². The van der Waals surface area contributed by atoms with Gasteiger partial charge in [-0.2, -0.15) is 0 Å². The fraction of sp³-hybridized carbons (Fsp3) is 0.667. The number of hydrogen-bond donors (Lipinski definition) is 1. The first-order valence-electron chi connectivity index (χ1n) is 0.428. The first-order chi connectivity index (χ1) is 1.41. The van der Waals surface area contributed by atoms with E-state index in [0.717, 1.165) is 0 Å². The van der Waals surface area contributed by atoms with Gasteiger partial charge in [0, 0.05) is 0 Å². The Hall–Kier alpha value is 0.650. The van der Waals surface area contributed by atoms with E-state index < -0.39 is 0 Å². The van der Waals surface area contributed by atoms with Gasteiger partial charge in [-0.1, -0.05) is 21.3 Å². The Morgan fingerprint density at radius 1 is 1.25 bits per heavy atom. The summed E-state index contributed by atoms with van der Waals surface area (Å²) < 4.78 is 0. The molecular formula is C3H12CaO4. The summed E-state index contributed by atoms with van der Waals surface area (Å²) in [7, 11) is 0. The molecule has 0 spiro atoms. The van der Waals surface area contributed by atoms with E-state index in [9.17, 15) is 0 Å². The molecule has 0 unspecified atom stereocenters. The molecule has 4 N–H and O–H groups in total. The molecule has 8 heavy (non-hydrogen) atoms. The van der Waals surface area contributed by atoms with Crippen molar-refractivity contribution in [1.82, 2.24) is 0 Å². The van der Waals surface area contributed by atoms with Crippen LogP contribution in [0.1, 0.15) is 14.9 Å². The summed E-state index contributed by atoms with van der Waals surface area (Å²) >= 11 is 0. The van der Waals surface area contributed by atoms with Gasteiger partial charge in [-0.25, -0.2) is 0 Å². The van der Waals surface area contributed by atoms with Crippen LogP contribution in [0.5, 0.6) is 0 Å². The summed E-state index contributed by atoms with van der Waals surface area (Å²) in [6, 6.07) is 0. The molecule has 5 heteroatoms. The first kappa shape index (κ1) is 72.1. The quantitative estimate of drug-likeness (QED) is 0.374. The maximum Gasteiger partial charge on any atom is 2.00 e. The van der Waals surface area contributed by atoms with Gasteiger partial charge in [0.25, 0.3) is 0 Å². The van der Waals surface area contributed by atoms with Crippen molar-refractivity contribution in [2.45, 2.75) is 14.9 Å². The number of aliphatic hydroxyl groups excluding tert-OH is 1. The first-order valence-corrected chi connectivity index (χ1v) is 0.428. The molecule has 0 aliphatic carbocycles. The average molecular weight is 152 g/mol. The van der Waals surface area contributed by atoms with Crippen molar-refractivity contribution in [3.05, 3.63) is 0 Å². The van der Waals surface area contributed by atoms with Gasteiger partial charge in [-0.15, -0.1) is 0 Å². The Kier molecular flexibility index (Phi) is 1120. The zero-order valence-electron chi connectivity index (χ0n) is 3.01. The molecule has 0 rings (SSSR count). The van der Waals surface area contributed by atoms with E-state index in [-0.39, 0.29) is 63.5 Å². The molecule has 0 saturated heterocycles. The molecule has 0 bridgehead atoms. The SMILES string of the molecule is C.C.O.O=[C-]O.[Ca+2].[OH-]. The second-order valence-corrected chi connectivity index (χ2v) is 0.0913. The Balaban J connectivity index is -0.00000000200. The van der Waals surface area contributed by atoms with Crippen molar-refractivity contribution in [2.75, 3.05) is 0 Å². The van der Waals surface area contributed by atoms with Crippen LogP contribution < -0.4 is 0 Å². The molecule has 0 aromatic carbocycles. The van der Waals surface area contributed by atoms with Crippen LogP contribution in [0.25, 0.3) is 0 Å². The van der Waals surface area contributed by atoms with Crippen molar-refractivity contribution in [1.29, 1.82) is 0 Å². The summed E-state index contributed by atoms with van der Waals surface area (Å²) in [4.78, 5) is 8.24. The summed E-state index contributed by atoms with van der Waals surface area (Å²) in [6.45, 7) is 0.500. The van der Waals surface area contributed by atoms with Crippen LogP contribution in [-0.4, -0.2) is 60.3 Å². The Morgan fingerprint density at radius 3 is 1.25 bits per heavy atom. The largest absolute Gasteiger partial charge is 2.00 e. The molecule has 0 heterocycles. The monoisotopic (exact) mass is 152 g/mol. The van der Waals surface area contributed by atoms with Crippen LogP contribution in [0.4, 0.5) is 0 Å². The maximum atomic E-state index is 8.24. The minimum Gasteiger partial charge on any atom is -0.870 e. The molecule has 0 atom stereocenters. The zero-order chi connectivity index (χ0) is 2.71. The molecule has 0 amide bonds. The molecule has 50 valence electrons. The Bertz CT molecular complexity index is 18.8. The molecule has 0 aromatic rings. The van der Waals surface area contributed by atoms with Gasteiger partial charge in [0.05, 0.1) is 0 Å². The molecule has 0 saturated carbocycles. The van der Waals surface area contributed by atoms with Crippen molar-refractivity contribution < 1.29 is 20.9 Å². The topological polar surface area (TPSA) is 98.8 Å². The fourth-order valence-electron chi connectivity index (χ4n) is 0. The minimum atomic E-state index is 0. The van der Waals surface area contributed by atoms with E-state index >= 15 is 0 Å². The number of rotatable bonds is 0. The van der Waals surface area contributed by atoms with Crippen LogP contribution in [-0.2, 0) is 4.79 Å². The molecule has 0 aliphatic heterocycles. The normalized spacial score (nSPS) is 1.50. The van der Waals surface area contributed by atoms with Gasteiger partial charge >= 0.3 is 37.7 Å².